The molecule has 0 fully saturated rings. The molecule has 2 amide bonds. The van der Waals surface area contributed by atoms with Crippen LogP contribution in [0.1, 0.15) is 11.1 Å². The predicted molar refractivity (Wildman–Crippen MR) is 94.8 cm³/mol. The molecule has 2 aromatic rings. The van der Waals surface area contributed by atoms with Crippen molar-refractivity contribution in [2.75, 3.05) is 26.8 Å². The molecule has 0 aromatic heterocycles. The molecule has 0 aliphatic carbocycles. The van der Waals surface area contributed by atoms with Gasteiger partial charge in [0.05, 0.1) is 13.7 Å². The molecule has 0 saturated heterocycles. The summed E-state index contributed by atoms with van der Waals surface area (Å²) < 4.78 is 10.6. The molecule has 24 heavy (non-hydrogen) atoms. The first kappa shape index (κ1) is 17.7. The molecule has 0 heterocycles. The van der Waals surface area contributed by atoms with Crippen molar-refractivity contribution in [2.24, 2.45) is 0 Å². The van der Waals surface area contributed by atoms with Gasteiger partial charge in [0.2, 0.25) is 0 Å². The van der Waals surface area contributed by atoms with Gasteiger partial charge in [-0.05, 0) is 48.7 Å². The fourth-order valence-corrected chi connectivity index (χ4v) is 2.27. The van der Waals surface area contributed by atoms with Crippen molar-refractivity contribution in [1.82, 2.24) is 10.6 Å². The fourth-order valence-electron chi connectivity index (χ4n) is 2.27. The third-order valence-corrected chi connectivity index (χ3v) is 3.66. The van der Waals surface area contributed by atoms with Crippen LogP contribution in [0.4, 0.5) is 4.79 Å². The minimum atomic E-state index is -0.179. The Hall–Kier alpha value is -2.69. The Kier molecular flexibility index (Phi) is 6.95. The zero-order chi connectivity index (χ0) is 17.2. The fraction of sp³-hybridized carbons (Fsp3) is 0.316. The van der Waals surface area contributed by atoms with Crippen LogP contribution in [0.15, 0.2) is 48.5 Å². The zero-order valence-corrected chi connectivity index (χ0v) is 14.2. The van der Waals surface area contributed by atoms with Gasteiger partial charge in [-0.15, -0.1) is 0 Å². The molecule has 2 N–H and O–H groups in total. The maximum atomic E-state index is 11.7. The van der Waals surface area contributed by atoms with Crippen molar-refractivity contribution in [2.45, 2.75) is 13.3 Å². The number of hydrogen-bond acceptors (Lipinski definition) is 3. The van der Waals surface area contributed by atoms with Crippen LogP contribution in [0.3, 0.4) is 0 Å². The minimum absolute atomic E-state index is 0.179. The molecule has 0 saturated carbocycles. The summed E-state index contributed by atoms with van der Waals surface area (Å²) in [7, 11) is 1.62. The molecule has 0 aliphatic rings. The first-order chi connectivity index (χ1) is 11.7. The number of urea groups is 1. The summed E-state index contributed by atoms with van der Waals surface area (Å²) in [6.07, 6.45) is 0.822. The van der Waals surface area contributed by atoms with Crippen molar-refractivity contribution < 1.29 is 14.3 Å². The lowest BCUT2D eigenvalue weighted by Crippen LogP contribution is -2.38. The van der Waals surface area contributed by atoms with Crippen molar-refractivity contribution in [3.05, 3.63) is 59.7 Å². The summed E-state index contributed by atoms with van der Waals surface area (Å²) in [5, 5.41) is 5.63. The van der Waals surface area contributed by atoms with Gasteiger partial charge in [0.1, 0.15) is 18.1 Å². The minimum Gasteiger partial charge on any atom is -0.497 e. The van der Waals surface area contributed by atoms with Crippen molar-refractivity contribution >= 4 is 6.03 Å². The van der Waals surface area contributed by atoms with Crippen LogP contribution in [0, 0.1) is 6.92 Å². The molecule has 0 radical (unpaired) electrons. The van der Waals surface area contributed by atoms with E-state index in [0.29, 0.717) is 19.7 Å². The molecular formula is C19H24N2O3. The molecule has 0 spiro atoms. The van der Waals surface area contributed by atoms with Gasteiger partial charge in [0, 0.05) is 6.54 Å². The number of carbonyl (C=O) groups is 1. The van der Waals surface area contributed by atoms with Gasteiger partial charge in [-0.3, -0.25) is 0 Å². The monoisotopic (exact) mass is 328 g/mol. The zero-order valence-electron chi connectivity index (χ0n) is 14.2. The molecule has 2 rings (SSSR count). The number of amides is 2. The van der Waals surface area contributed by atoms with E-state index in [1.807, 2.05) is 36.4 Å². The number of nitrogens with one attached hydrogen (secondary N) is 2. The molecule has 2 aromatic carbocycles. The number of benzene rings is 2. The number of methoxy groups -OCH3 is 1. The van der Waals surface area contributed by atoms with E-state index in [9.17, 15) is 4.79 Å². The second-order valence-electron chi connectivity index (χ2n) is 5.38. The lowest BCUT2D eigenvalue weighted by molar-refractivity contribution is 0.236. The highest BCUT2D eigenvalue weighted by Crippen LogP contribution is 2.16. The third-order valence-electron chi connectivity index (χ3n) is 3.66. The highest BCUT2D eigenvalue weighted by molar-refractivity contribution is 5.73. The summed E-state index contributed by atoms with van der Waals surface area (Å²) in [5.74, 6) is 1.53. The van der Waals surface area contributed by atoms with Crippen LogP contribution in [-0.4, -0.2) is 32.8 Å². The number of hydrogen-bond donors (Lipinski definition) is 2. The van der Waals surface area contributed by atoms with E-state index in [1.165, 1.54) is 11.1 Å². The SMILES string of the molecule is COc1ccc(OCCNC(=O)NCCc2ccccc2C)cc1. The number of aryl methyl sites for hydroxylation is 1. The maximum absolute atomic E-state index is 11.7. The van der Waals surface area contributed by atoms with Gasteiger partial charge in [0.25, 0.3) is 0 Å². The standard InChI is InChI=1S/C19H24N2O3/c1-15-5-3-4-6-16(15)11-12-20-19(22)21-13-14-24-18-9-7-17(23-2)8-10-18/h3-10H,11-14H2,1-2H3,(H2,20,21,22). The molecule has 5 nitrogen and oxygen atoms in total. The van der Waals surface area contributed by atoms with E-state index in [-0.39, 0.29) is 6.03 Å². The predicted octanol–water partition coefficient (Wildman–Crippen LogP) is 2.92. The van der Waals surface area contributed by atoms with Gasteiger partial charge in [-0.1, -0.05) is 24.3 Å². The van der Waals surface area contributed by atoms with E-state index < -0.39 is 0 Å². The van der Waals surface area contributed by atoms with Crippen molar-refractivity contribution in [1.29, 1.82) is 0 Å². The van der Waals surface area contributed by atoms with Crippen LogP contribution in [0.5, 0.6) is 11.5 Å². The Morgan fingerprint density at radius 3 is 2.33 bits per heavy atom. The van der Waals surface area contributed by atoms with Crippen molar-refractivity contribution in [3.8, 4) is 11.5 Å². The Morgan fingerprint density at radius 2 is 1.62 bits per heavy atom. The quantitative estimate of drug-likeness (QED) is 0.733. The molecule has 0 bridgehead atoms. The molecule has 128 valence electrons. The maximum Gasteiger partial charge on any atom is 0.314 e. The lowest BCUT2D eigenvalue weighted by atomic mass is 10.1. The van der Waals surface area contributed by atoms with Gasteiger partial charge in [-0.2, -0.15) is 0 Å². The first-order valence-electron chi connectivity index (χ1n) is 8.02. The largest absolute Gasteiger partial charge is 0.497 e. The smallest absolute Gasteiger partial charge is 0.314 e. The Labute approximate surface area is 143 Å². The summed E-state index contributed by atoms with van der Waals surface area (Å²) >= 11 is 0. The lowest BCUT2D eigenvalue weighted by Gasteiger charge is -2.10. The summed E-state index contributed by atoms with van der Waals surface area (Å²) in [4.78, 5) is 11.7. The van der Waals surface area contributed by atoms with E-state index in [1.54, 1.807) is 7.11 Å². The van der Waals surface area contributed by atoms with E-state index in [4.69, 9.17) is 9.47 Å². The van der Waals surface area contributed by atoms with Gasteiger partial charge in [-0.25, -0.2) is 4.79 Å². The van der Waals surface area contributed by atoms with Crippen LogP contribution in [-0.2, 0) is 6.42 Å². The molecule has 5 heteroatoms. The van der Waals surface area contributed by atoms with Crippen LogP contribution >= 0.6 is 0 Å². The number of rotatable bonds is 8. The highest BCUT2D eigenvalue weighted by atomic mass is 16.5. The average molecular weight is 328 g/mol. The number of ether oxygens (including phenoxy) is 2. The average Bonchev–Trinajstić information content (AvgIpc) is 2.61. The normalized spacial score (nSPS) is 10.1. The molecule has 0 aliphatic heterocycles. The van der Waals surface area contributed by atoms with Crippen LogP contribution in [0.2, 0.25) is 0 Å². The van der Waals surface area contributed by atoms with E-state index >= 15 is 0 Å². The van der Waals surface area contributed by atoms with E-state index in [2.05, 4.69) is 29.7 Å². The Balaban J connectivity index is 1.58. The number of carbonyl (C=O) groups excluding carboxylic acids is 1. The van der Waals surface area contributed by atoms with Crippen LogP contribution < -0.4 is 20.1 Å². The third kappa shape index (κ3) is 5.83. The second-order valence-corrected chi connectivity index (χ2v) is 5.38. The summed E-state index contributed by atoms with van der Waals surface area (Å²) in [5.41, 5.74) is 2.49. The van der Waals surface area contributed by atoms with Crippen molar-refractivity contribution in [3.63, 3.8) is 0 Å². The van der Waals surface area contributed by atoms with Gasteiger partial charge < -0.3 is 20.1 Å². The molecule has 0 atom stereocenters. The Morgan fingerprint density at radius 1 is 0.958 bits per heavy atom. The molecule has 0 unspecified atom stereocenters. The molecular weight excluding hydrogens is 304 g/mol. The topological polar surface area (TPSA) is 59.6 Å². The Bertz CT molecular complexity index is 641. The van der Waals surface area contributed by atoms with Gasteiger partial charge in [0.15, 0.2) is 0 Å². The van der Waals surface area contributed by atoms with Crippen LogP contribution in [0.25, 0.3) is 0 Å². The summed E-state index contributed by atoms with van der Waals surface area (Å²) in [6.45, 7) is 3.54. The van der Waals surface area contributed by atoms with Gasteiger partial charge >= 0.3 is 6.03 Å². The summed E-state index contributed by atoms with van der Waals surface area (Å²) in [6, 6.07) is 15.3. The first-order valence-corrected chi connectivity index (χ1v) is 8.02. The second kappa shape index (κ2) is 9.45. The van der Waals surface area contributed by atoms with E-state index in [0.717, 1.165) is 17.9 Å². The highest BCUT2D eigenvalue weighted by Gasteiger charge is 2.01.